The molecular formula is C16H18FNO3. The molecule has 1 aliphatic heterocycles. The van der Waals surface area contributed by atoms with E-state index >= 15 is 0 Å². The van der Waals surface area contributed by atoms with Gasteiger partial charge < -0.3 is 9.64 Å². The molecule has 112 valence electrons. The summed E-state index contributed by atoms with van der Waals surface area (Å²) in [6.45, 7) is 1.18. The van der Waals surface area contributed by atoms with Crippen molar-refractivity contribution in [2.24, 2.45) is 11.8 Å². The van der Waals surface area contributed by atoms with Crippen LogP contribution in [0.25, 0.3) is 0 Å². The number of hydrogen-bond donors (Lipinski definition) is 0. The number of nitrogens with zero attached hydrogens (tertiary/aromatic N) is 1. The van der Waals surface area contributed by atoms with Crippen LogP contribution in [0.4, 0.5) is 4.39 Å². The van der Waals surface area contributed by atoms with Gasteiger partial charge in [-0.15, -0.1) is 0 Å². The maximum Gasteiger partial charge on any atom is 0.314 e. The molecule has 21 heavy (non-hydrogen) atoms. The summed E-state index contributed by atoms with van der Waals surface area (Å²) in [7, 11) is 0. The van der Waals surface area contributed by atoms with Crippen molar-refractivity contribution in [3.8, 4) is 5.75 Å². The number of likely N-dealkylation sites (tertiary alicyclic amines) is 1. The summed E-state index contributed by atoms with van der Waals surface area (Å²) in [6.07, 6.45) is 3.17. The van der Waals surface area contributed by atoms with Crippen LogP contribution in [0, 0.1) is 17.7 Å². The van der Waals surface area contributed by atoms with Crippen molar-refractivity contribution in [3.05, 3.63) is 30.1 Å². The van der Waals surface area contributed by atoms with Crippen molar-refractivity contribution < 1.29 is 18.7 Å². The Bertz CT molecular complexity index is 548. The van der Waals surface area contributed by atoms with Gasteiger partial charge in [0.2, 0.25) is 5.91 Å². The smallest absolute Gasteiger partial charge is 0.314 e. The second kappa shape index (κ2) is 5.84. The molecule has 0 unspecified atom stereocenters. The molecule has 3 rings (SSSR count). The first kappa shape index (κ1) is 14.0. The second-order valence-corrected chi connectivity index (χ2v) is 5.73. The Balaban J connectivity index is 1.53. The molecule has 5 heteroatoms. The minimum atomic E-state index is -0.535. The van der Waals surface area contributed by atoms with Crippen molar-refractivity contribution in [2.45, 2.75) is 25.7 Å². The summed E-state index contributed by atoms with van der Waals surface area (Å²) >= 11 is 0. The molecule has 1 saturated carbocycles. The average molecular weight is 291 g/mol. The van der Waals surface area contributed by atoms with Gasteiger partial charge in [0.15, 0.2) is 11.6 Å². The Morgan fingerprint density at radius 2 is 1.71 bits per heavy atom. The van der Waals surface area contributed by atoms with Crippen LogP contribution in [0.1, 0.15) is 25.7 Å². The molecule has 0 spiro atoms. The van der Waals surface area contributed by atoms with E-state index in [1.54, 1.807) is 12.1 Å². The maximum atomic E-state index is 13.5. The minimum absolute atomic E-state index is 0.0287. The Morgan fingerprint density at radius 3 is 2.33 bits per heavy atom. The first-order chi connectivity index (χ1) is 10.1. The van der Waals surface area contributed by atoms with E-state index in [1.807, 2.05) is 4.90 Å². The molecule has 2 fully saturated rings. The summed E-state index contributed by atoms with van der Waals surface area (Å²) in [5, 5.41) is 0. The SMILES string of the molecule is O=C(Oc1ccccc1F)C1CCN(C(=O)C2CC2)CC1. The standard InChI is InChI=1S/C16H18FNO3/c17-13-3-1-2-4-14(13)21-16(20)12-7-9-18(10-8-12)15(19)11-5-6-11/h1-4,11-12H,5-10H2. The van der Waals surface area contributed by atoms with Crippen molar-refractivity contribution >= 4 is 11.9 Å². The minimum Gasteiger partial charge on any atom is -0.423 e. The molecule has 1 aliphatic carbocycles. The lowest BCUT2D eigenvalue weighted by molar-refractivity contribution is -0.143. The fourth-order valence-electron chi connectivity index (χ4n) is 2.64. The highest BCUT2D eigenvalue weighted by Crippen LogP contribution is 2.32. The van der Waals surface area contributed by atoms with Gasteiger partial charge in [-0.2, -0.15) is 0 Å². The average Bonchev–Trinajstić information content (AvgIpc) is 3.34. The molecule has 4 nitrogen and oxygen atoms in total. The summed E-state index contributed by atoms with van der Waals surface area (Å²) < 4.78 is 18.6. The van der Waals surface area contributed by atoms with Crippen LogP contribution in [-0.4, -0.2) is 29.9 Å². The lowest BCUT2D eigenvalue weighted by Gasteiger charge is -2.31. The van der Waals surface area contributed by atoms with Crippen molar-refractivity contribution in [3.63, 3.8) is 0 Å². The zero-order valence-corrected chi connectivity index (χ0v) is 11.8. The quantitative estimate of drug-likeness (QED) is 0.634. The fraction of sp³-hybridized carbons (Fsp3) is 0.500. The zero-order chi connectivity index (χ0) is 14.8. The normalized spacial score (nSPS) is 19.4. The molecule has 1 heterocycles. The van der Waals surface area contributed by atoms with Gasteiger partial charge in [0, 0.05) is 19.0 Å². The molecule has 1 aromatic rings. The van der Waals surface area contributed by atoms with Crippen LogP contribution in [-0.2, 0) is 9.59 Å². The summed E-state index contributed by atoms with van der Waals surface area (Å²) in [5.41, 5.74) is 0. The van der Waals surface area contributed by atoms with E-state index in [1.165, 1.54) is 12.1 Å². The number of para-hydroxylation sites is 1. The highest BCUT2D eigenvalue weighted by atomic mass is 19.1. The first-order valence-electron chi connectivity index (χ1n) is 7.40. The maximum absolute atomic E-state index is 13.5. The highest BCUT2D eigenvalue weighted by Gasteiger charge is 2.36. The number of rotatable bonds is 3. The summed E-state index contributed by atoms with van der Waals surface area (Å²) in [5.74, 6) is -0.791. The van der Waals surface area contributed by atoms with Gasteiger partial charge in [0.05, 0.1) is 5.92 Å². The topological polar surface area (TPSA) is 46.6 Å². The fourth-order valence-corrected chi connectivity index (χ4v) is 2.64. The number of ether oxygens (including phenoxy) is 1. The second-order valence-electron chi connectivity index (χ2n) is 5.73. The zero-order valence-electron chi connectivity index (χ0n) is 11.8. The number of carbonyl (C=O) groups is 2. The van der Waals surface area contributed by atoms with E-state index in [0.717, 1.165) is 12.8 Å². The van der Waals surface area contributed by atoms with E-state index in [9.17, 15) is 14.0 Å². The monoisotopic (exact) mass is 291 g/mol. The predicted octanol–water partition coefficient (Wildman–Crippen LogP) is 2.38. The van der Waals surface area contributed by atoms with E-state index in [-0.39, 0.29) is 23.5 Å². The molecule has 1 amide bonds. The van der Waals surface area contributed by atoms with Crippen LogP contribution in [0.15, 0.2) is 24.3 Å². The van der Waals surface area contributed by atoms with Crippen LogP contribution in [0.5, 0.6) is 5.75 Å². The molecule has 0 aromatic heterocycles. The van der Waals surface area contributed by atoms with Gasteiger partial charge in [-0.25, -0.2) is 4.39 Å². The van der Waals surface area contributed by atoms with Crippen molar-refractivity contribution in [1.82, 2.24) is 4.90 Å². The number of piperidine rings is 1. The Labute approximate surface area is 122 Å². The lowest BCUT2D eigenvalue weighted by Crippen LogP contribution is -2.41. The van der Waals surface area contributed by atoms with E-state index in [0.29, 0.717) is 25.9 Å². The number of esters is 1. The largest absolute Gasteiger partial charge is 0.423 e. The third kappa shape index (κ3) is 3.23. The molecule has 0 atom stereocenters. The number of benzene rings is 1. The van der Waals surface area contributed by atoms with Crippen molar-refractivity contribution in [1.29, 1.82) is 0 Å². The molecule has 1 saturated heterocycles. The highest BCUT2D eigenvalue weighted by molar-refractivity contribution is 5.81. The van der Waals surface area contributed by atoms with E-state index < -0.39 is 11.8 Å². The number of hydrogen-bond acceptors (Lipinski definition) is 3. The number of amides is 1. The third-order valence-electron chi connectivity index (χ3n) is 4.11. The van der Waals surface area contributed by atoms with Gasteiger partial charge in [0.1, 0.15) is 0 Å². The molecule has 0 bridgehead atoms. The molecule has 1 aromatic carbocycles. The van der Waals surface area contributed by atoms with Crippen molar-refractivity contribution in [2.75, 3.05) is 13.1 Å². The van der Waals surface area contributed by atoms with Crippen LogP contribution in [0.2, 0.25) is 0 Å². The lowest BCUT2D eigenvalue weighted by atomic mass is 9.96. The third-order valence-corrected chi connectivity index (χ3v) is 4.11. The Hall–Kier alpha value is -1.91. The van der Waals surface area contributed by atoms with Gasteiger partial charge in [-0.3, -0.25) is 9.59 Å². The molecule has 0 N–H and O–H groups in total. The number of carbonyl (C=O) groups excluding carboxylic acids is 2. The summed E-state index contributed by atoms with van der Waals surface area (Å²) in [4.78, 5) is 25.8. The predicted molar refractivity (Wildman–Crippen MR) is 74.1 cm³/mol. The van der Waals surface area contributed by atoms with E-state index in [4.69, 9.17) is 4.74 Å². The van der Waals surface area contributed by atoms with Crippen LogP contribution in [0.3, 0.4) is 0 Å². The van der Waals surface area contributed by atoms with Gasteiger partial charge in [-0.1, -0.05) is 12.1 Å². The van der Waals surface area contributed by atoms with Crippen LogP contribution >= 0.6 is 0 Å². The van der Waals surface area contributed by atoms with Gasteiger partial charge in [0.25, 0.3) is 0 Å². The van der Waals surface area contributed by atoms with Crippen LogP contribution < -0.4 is 4.74 Å². The molecule has 2 aliphatic rings. The van der Waals surface area contributed by atoms with Gasteiger partial charge in [-0.05, 0) is 37.8 Å². The molecule has 0 radical (unpaired) electrons. The van der Waals surface area contributed by atoms with Gasteiger partial charge >= 0.3 is 5.97 Å². The Morgan fingerprint density at radius 1 is 1.05 bits per heavy atom. The van der Waals surface area contributed by atoms with E-state index in [2.05, 4.69) is 0 Å². The molecular weight excluding hydrogens is 273 g/mol. The number of halogens is 1. The Kier molecular flexibility index (Phi) is 3.90. The summed E-state index contributed by atoms with van der Waals surface area (Å²) in [6, 6.07) is 5.88. The first-order valence-corrected chi connectivity index (χ1v) is 7.40.